The molecule has 2 rings (SSSR count). The van der Waals surface area contributed by atoms with E-state index < -0.39 is 0 Å². The zero-order valence-electron chi connectivity index (χ0n) is 8.31. The van der Waals surface area contributed by atoms with Crippen LogP contribution in [0.25, 0.3) is 6.08 Å². The number of benzene rings is 1. The maximum atomic E-state index is 11.6. The van der Waals surface area contributed by atoms with E-state index in [1.165, 1.54) is 6.08 Å². The molecule has 1 amide bonds. The fourth-order valence-corrected chi connectivity index (χ4v) is 1.71. The molecule has 0 atom stereocenters. The summed E-state index contributed by atoms with van der Waals surface area (Å²) in [6.45, 7) is 4.03. The van der Waals surface area contributed by atoms with E-state index in [-0.39, 0.29) is 5.91 Å². The molecule has 0 radical (unpaired) electrons. The minimum Gasteiger partial charge on any atom is -0.397 e. The molecule has 0 aromatic heterocycles. The van der Waals surface area contributed by atoms with E-state index in [0.717, 1.165) is 11.3 Å². The maximum absolute atomic E-state index is 11.6. The fourth-order valence-electron chi connectivity index (χ4n) is 1.71. The maximum Gasteiger partial charge on any atom is 0.250 e. The van der Waals surface area contributed by atoms with Gasteiger partial charge in [-0.25, -0.2) is 0 Å². The normalized spacial score (nSPS) is 13.5. The number of nitrogens with two attached hydrogens (primary N) is 1. The molecule has 0 saturated heterocycles. The molecule has 2 N–H and O–H groups in total. The Morgan fingerprint density at radius 1 is 1.53 bits per heavy atom. The zero-order chi connectivity index (χ0) is 10.8. The number of carbonyl (C=O) groups is 1. The van der Waals surface area contributed by atoms with Gasteiger partial charge in [-0.2, -0.15) is 0 Å². The Hall–Kier alpha value is -2.03. The lowest BCUT2D eigenvalue weighted by atomic mass is 10.1. The number of nitrogen functional groups attached to an aromatic ring is 1. The van der Waals surface area contributed by atoms with Gasteiger partial charge >= 0.3 is 0 Å². The third kappa shape index (κ3) is 1.52. The summed E-state index contributed by atoms with van der Waals surface area (Å²) in [5, 5.41) is 0. The Balaban J connectivity index is 2.55. The first kappa shape index (κ1) is 9.52. The van der Waals surface area contributed by atoms with Crippen molar-refractivity contribution in [1.82, 2.24) is 0 Å². The highest BCUT2D eigenvalue weighted by Crippen LogP contribution is 2.31. The van der Waals surface area contributed by atoms with Gasteiger partial charge in [-0.05, 0) is 12.1 Å². The third-order valence-electron chi connectivity index (χ3n) is 2.39. The molecular weight excluding hydrogens is 188 g/mol. The first-order valence-corrected chi connectivity index (χ1v) is 4.73. The predicted molar refractivity (Wildman–Crippen MR) is 62.4 cm³/mol. The van der Waals surface area contributed by atoms with Gasteiger partial charge in [0.05, 0.1) is 11.4 Å². The molecule has 3 nitrogen and oxygen atoms in total. The van der Waals surface area contributed by atoms with Crippen molar-refractivity contribution in [2.24, 2.45) is 0 Å². The molecule has 15 heavy (non-hydrogen) atoms. The van der Waals surface area contributed by atoms with Crippen LogP contribution in [0.5, 0.6) is 0 Å². The molecule has 0 saturated carbocycles. The summed E-state index contributed by atoms with van der Waals surface area (Å²) in [4.78, 5) is 13.2. The van der Waals surface area contributed by atoms with Crippen LogP contribution in [0.2, 0.25) is 0 Å². The number of hydrogen-bond acceptors (Lipinski definition) is 2. The summed E-state index contributed by atoms with van der Waals surface area (Å²) >= 11 is 0. The van der Waals surface area contributed by atoms with Crippen LogP contribution in [0.4, 0.5) is 11.4 Å². The topological polar surface area (TPSA) is 46.3 Å². The second kappa shape index (κ2) is 3.61. The Bertz CT molecular complexity index is 449. The number of amides is 1. The smallest absolute Gasteiger partial charge is 0.250 e. The van der Waals surface area contributed by atoms with Crippen molar-refractivity contribution < 1.29 is 4.79 Å². The highest BCUT2D eigenvalue weighted by molar-refractivity contribution is 6.05. The van der Waals surface area contributed by atoms with Crippen molar-refractivity contribution in [2.45, 2.75) is 0 Å². The van der Waals surface area contributed by atoms with Gasteiger partial charge in [0.2, 0.25) is 0 Å². The van der Waals surface area contributed by atoms with E-state index in [2.05, 4.69) is 6.58 Å². The second-order valence-corrected chi connectivity index (χ2v) is 3.34. The third-order valence-corrected chi connectivity index (χ3v) is 2.39. The molecule has 0 aliphatic carbocycles. The van der Waals surface area contributed by atoms with Crippen molar-refractivity contribution in [3.63, 3.8) is 0 Å². The van der Waals surface area contributed by atoms with Crippen LogP contribution in [0, 0.1) is 0 Å². The van der Waals surface area contributed by atoms with Gasteiger partial charge in [-0.3, -0.25) is 4.79 Å². The van der Waals surface area contributed by atoms with E-state index in [9.17, 15) is 4.79 Å². The lowest BCUT2D eigenvalue weighted by Gasteiger charge is -2.26. The van der Waals surface area contributed by atoms with E-state index in [1.807, 2.05) is 24.3 Å². The molecule has 76 valence electrons. The van der Waals surface area contributed by atoms with Crippen molar-refractivity contribution in [3.05, 3.63) is 42.5 Å². The Kier molecular flexibility index (Phi) is 2.29. The van der Waals surface area contributed by atoms with Crippen molar-refractivity contribution in [3.8, 4) is 0 Å². The summed E-state index contributed by atoms with van der Waals surface area (Å²) in [5.74, 6) is -0.126. The van der Waals surface area contributed by atoms with Gasteiger partial charge in [0.1, 0.15) is 0 Å². The van der Waals surface area contributed by atoms with Gasteiger partial charge in [0, 0.05) is 12.1 Å². The van der Waals surface area contributed by atoms with Gasteiger partial charge < -0.3 is 10.6 Å². The number of rotatable bonds is 1. The summed E-state index contributed by atoms with van der Waals surface area (Å²) in [6.07, 6.45) is 5.21. The predicted octanol–water partition coefficient (Wildman–Crippen LogP) is 1.81. The number of carbonyl (C=O) groups excluding carboxylic acids is 1. The van der Waals surface area contributed by atoms with Gasteiger partial charge in [-0.15, -0.1) is 0 Å². The number of anilines is 2. The molecule has 1 aromatic carbocycles. The standard InChI is InChI=1S/C12H12N2O/c1-2-11(15)14-8-4-6-9-5-3-7-10(13)12(9)14/h2-7H,1,8,13H2. The molecule has 1 aliphatic rings. The zero-order valence-corrected chi connectivity index (χ0v) is 8.31. The van der Waals surface area contributed by atoms with Crippen molar-refractivity contribution in [2.75, 3.05) is 17.2 Å². The highest BCUT2D eigenvalue weighted by Gasteiger charge is 2.19. The molecule has 3 heteroatoms. The molecular formula is C12H12N2O. The van der Waals surface area contributed by atoms with E-state index in [4.69, 9.17) is 5.73 Å². The van der Waals surface area contributed by atoms with Crippen molar-refractivity contribution in [1.29, 1.82) is 0 Å². The first-order chi connectivity index (χ1) is 7.24. The Morgan fingerprint density at radius 3 is 3.07 bits per heavy atom. The van der Waals surface area contributed by atoms with Gasteiger partial charge in [0.15, 0.2) is 0 Å². The highest BCUT2D eigenvalue weighted by atomic mass is 16.2. The van der Waals surface area contributed by atoms with Crippen LogP contribution >= 0.6 is 0 Å². The monoisotopic (exact) mass is 200 g/mol. The van der Waals surface area contributed by atoms with Crippen LogP contribution < -0.4 is 10.6 Å². The first-order valence-electron chi connectivity index (χ1n) is 4.73. The summed E-state index contributed by atoms with van der Waals surface area (Å²) in [7, 11) is 0. The lowest BCUT2D eigenvalue weighted by molar-refractivity contribution is -0.114. The van der Waals surface area contributed by atoms with E-state index in [0.29, 0.717) is 12.2 Å². The second-order valence-electron chi connectivity index (χ2n) is 3.34. The minimum absolute atomic E-state index is 0.126. The number of hydrogen-bond donors (Lipinski definition) is 1. The summed E-state index contributed by atoms with van der Waals surface area (Å²) in [6, 6.07) is 5.60. The molecule has 0 bridgehead atoms. The summed E-state index contributed by atoms with van der Waals surface area (Å²) in [5.41, 5.74) is 8.23. The van der Waals surface area contributed by atoms with E-state index in [1.54, 1.807) is 11.0 Å². The van der Waals surface area contributed by atoms with Crippen LogP contribution in [0.1, 0.15) is 5.56 Å². The number of para-hydroxylation sites is 1. The average Bonchev–Trinajstić information content (AvgIpc) is 2.28. The average molecular weight is 200 g/mol. The molecule has 1 aliphatic heterocycles. The minimum atomic E-state index is -0.126. The van der Waals surface area contributed by atoms with Crippen LogP contribution in [0.15, 0.2) is 36.9 Å². The van der Waals surface area contributed by atoms with Crippen molar-refractivity contribution >= 4 is 23.4 Å². The molecule has 0 spiro atoms. The molecule has 0 fully saturated rings. The number of fused-ring (bicyclic) bond motifs is 1. The quantitative estimate of drug-likeness (QED) is 0.555. The van der Waals surface area contributed by atoms with Crippen LogP contribution in [-0.2, 0) is 4.79 Å². The van der Waals surface area contributed by atoms with Gasteiger partial charge in [-0.1, -0.05) is 30.9 Å². The lowest BCUT2D eigenvalue weighted by Crippen LogP contribution is -2.32. The SMILES string of the molecule is C=CC(=O)N1CC=Cc2cccc(N)c21. The number of nitrogens with zero attached hydrogens (tertiary/aromatic N) is 1. The van der Waals surface area contributed by atoms with Crippen LogP contribution in [-0.4, -0.2) is 12.5 Å². The van der Waals surface area contributed by atoms with Gasteiger partial charge in [0.25, 0.3) is 5.91 Å². The largest absolute Gasteiger partial charge is 0.397 e. The van der Waals surface area contributed by atoms with Crippen LogP contribution in [0.3, 0.4) is 0 Å². The summed E-state index contributed by atoms with van der Waals surface area (Å²) < 4.78 is 0. The molecule has 1 heterocycles. The molecule has 1 aromatic rings. The van der Waals surface area contributed by atoms with E-state index >= 15 is 0 Å². The molecule has 0 unspecified atom stereocenters. The Labute approximate surface area is 88.5 Å². The fraction of sp³-hybridized carbons (Fsp3) is 0.0833. The Morgan fingerprint density at radius 2 is 2.33 bits per heavy atom.